The molecular weight excluding hydrogens is 364 g/mol. The van der Waals surface area contributed by atoms with Crippen LogP contribution in [0.2, 0.25) is 0 Å². The number of rotatable bonds is 6. The fourth-order valence-electron chi connectivity index (χ4n) is 2.55. The zero-order chi connectivity index (χ0) is 18.6. The van der Waals surface area contributed by atoms with E-state index in [4.69, 9.17) is 4.52 Å². The number of hydrogen-bond acceptors (Lipinski definition) is 7. The maximum Gasteiger partial charge on any atom is 0.269 e. The van der Waals surface area contributed by atoms with Crippen LogP contribution in [-0.4, -0.2) is 37.4 Å². The monoisotopic (exact) mass is 380 g/mol. The van der Waals surface area contributed by atoms with Crippen molar-refractivity contribution in [2.45, 2.75) is 6.42 Å². The maximum atomic E-state index is 12.4. The summed E-state index contributed by atoms with van der Waals surface area (Å²) in [5, 5.41) is 13.1. The first-order valence-corrected chi connectivity index (χ1v) is 9.19. The van der Waals surface area contributed by atoms with Gasteiger partial charge in [0, 0.05) is 26.2 Å². The van der Waals surface area contributed by atoms with E-state index in [1.54, 1.807) is 35.3 Å². The molecule has 1 N–H and O–H groups in total. The summed E-state index contributed by atoms with van der Waals surface area (Å²) in [7, 11) is 1.75. The van der Waals surface area contributed by atoms with E-state index < -0.39 is 0 Å². The van der Waals surface area contributed by atoms with E-state index in [1.165, 1.54) is 0 Å². The Hall–Kier alpha value is -3.33. The summed E-state index contributed by atoms with van der Waals surface area (Å²) in [6.07, 6.45) is 2.10. The largest absolute Gasteiger partial charge is 0.350 e. The van der Waals surface area contributed by atoms with Crippen molar-refractivity contribution >= 4 is 17.2 Å². The van der Waals surface area contributed by atoms with Gasteiger partial charge in [0.1, 0.15) is 17.1 Å². The van der Waals surface area contributed by atoms with E-state index in [0.717, 1.165) is 10.6 Å². The molecule has 27 heavy (non-hydrogen) atoms. The van der Waals surface area contributed by atoms with Gasteiger partial charge in [0.05, 0.1) is 4.88 Å². The number of carbonyl (C=O) groups excluding carboxylic acids is 1. The summed E-state index contributed by atoms with van der Waals surface area (Å²) in [4.78, 5) is 21.9. The Morgan fingerprint density at radius 2 is 2.19 bits per heavy atom. The maximum absolute atomic E-state index is 12.4. The quantitative estimate of drug-likeness (QED) is 0.552. The lowest BCUT2D eigenvalue weighted by Crippen LogP contribution is -2.27. The highest BCUT2D eigenvalue weighted by atomic mass is 32.1. The third-order valence-electron chi connectivity index (χ3n) is 3.87. The Morgan fingerprint density at radius 1 is 1.26 bits per heavy atom. The second kappa shape index (κ2) is 7.50. The van der Waals surface area contributed by atoms with Gasteiger partial charge in [0.2, 0.25) is 11.7 Å². The number of aryl methyl sites for hydroxylation is 1. The van der Waals surface area contributed by atoms with Crippen molar-refractivity contribution in [2.24, 2.45) is 7.05 Å². The third-order valence-corrected chi connectivity index (χ3v) is 4.76. The van der Waals surface area contributed by atoms with E-state index in [2.05, 4.69) is 25.5 Å². The number of hydrogen-bond donors (Lipinski definition) is 1. The summed E-state index contributed by atoms with van der Waals surface area (Å²) in [6.45, 7) is 0.377. The molecule has 0 aromatic carbocycles. The average molecular weight is 380 g/mol. The third kappa shape index (κ3) is 3.77. The second-order valence-corrected chi connectivity index (χ2v) is 6.70. The molecule has 136 valence electrons. The number of pyridine rings is 1. The van der Waals surface area contributed by atoms with Crippen molar-refractivity contribution in [1.82, 2.24) is 30.2 Å². The van der Waals surface area contributed by atoms with Gasteiger partial charge in [-0.1, -0.05) is 17.3 Å². The normalized spacial score (nSPS) is 10.9. The highest BCUT2D eigenvalue weighted by molar-refractivity contribution is 7.13. The minimum atomic E-state index is -0.197. The van der Waals surface area contributed by atoms with Crippen LogP contribution in [0.3, 0.4) is 0 Å². The number of carbonyl (C=O) groups is 1. The van der Waals surface area contributed by atoms with Crippen LogP contribution in [0.4, 0.5) is 0 Å². The van der Waals surface area contributed by atoms with Crippen LogP contribution in [-0.2, 0) is 13.5 Å². The lowest BCUT2D eigenvalue weighted by Gasteiger charge is -2.03. The van der Waals surface area contributed by atoms with Crippen molar-refractivity contribution < 1.29 is 9.32 Å². The van der Waals surface area contributed by atoms with Crippen LogP contribution in [0.1, 0.15) is 16.4 Å². The summed E-state index contributed by atoms with van der Waals surface area (Å²) in [5.74, 6) is 0.682. The predicted molar refractivity (Wildman–Crippen MR) is 100 cm³/mol. The zero-order valence-corrected chi connectivity index (χ0v) is 15.3. The molecule has 0 saturated heterocycles. The number of nitrogens with one attached hydrogen (secondary N) is 1. The van der Waals surface area contributed by atoms with E-state index >= 15 is 0 Å². The van der Waals surface area contributed by atoms with Crippen molar-refractivity contribution in [3.63, 3.8) is 0 Å². The molecule has 4 aromatic heterocycles. The average Bonchev–Trinajstić information content (AvgIpc) is 3.43. The molecule has 0 aliphatic rings. The van der Waals surface area contributed by atoms with Gasteiger partial charge in [-0.05, 0) is 29.6 Å². The molecule has 0 fully saturated rings. The van der Waals surface area contributed by atoms with Gasteiger partial charge in [-0.2, -0.15) is 10.1 Å². The van der Waals surface area contributed by atoms with Crippen LogP contribution in [0, 0.1) is 0 Å². The fourth-order valence-corrected chi connectivity index (χ4v) is 3.23. The summed E-state index contributed by atoms with van der Waals surface area (Å²) in [6, 6.07) is 11.2. The van der Waals surface area contributed by atoms with Crippen molar-refractivity contribution in [2.75, 3.05) is 6.54 Å². The van der Waals surface area contributed by atoms with Gasteiger partial charge in [-0.25, -0.2) is 0 Å². The molecule has 9 heteroatoms. The Balaban J connectivity index is 1.36. The first-order valence-electron chi connectivity index (χ1n) is 8.31. The Morgan fingerprint density at radius 3 is 2.96 bits per heavy atom. The first kappa shape index (κ1) is 17.1. The van der Waals surface area contributed by atoms with E-state index in [0.29, 0.717) is 36.1 Å². The summed E-state index contributed by atoms with van der Waals surface area (Å²) in [5.41, 5.74) is 1.93. The van der Waals surface area contributed by atoms with Crippen molar-refractivity contribution in [3.05, 3.63) is 59.6 Å². The van der Waals surface area contributed by atoms with E-state index in [-0.39, 0.29) is 5.91 Å². The molecule has 0 atom stereocenters. The van der Waals surface area contributed by atoms with Gasteiger partial charge in [0.15, 0.2) is 0 Å². The van der Waals surface area contributed by atoms with Crippen LogP contribution >= 0.6 is 11.3 Å². The molecule has 8 nitrogen and oxygen atoms in total. The molecule has 4 aromatic rings. The highest BCUT2D eigenvalue weighted by Crippen LogP contribution is 2.23. The zero-order valence-electron chi connectivity index (χ0n) is 14.5. The fraction of sp³-hybridized carbons (Fsp3) is 0.167. The lowest BCUT2D eigenvalue weighted by atomic mass is 10.3. The van der Waals surface area contributed by atoms with Gasteiger partial charge < -0.3 is 9.84 Å². The SMILES string of the molecule is Cn1nc(-c2cccs2)cc1C(=O)NCCc1nc(-c2ccccn2)no1. The Bertz CT molecular complexity index is 1040. The topological polar surface area (TPSA) is 98.7 Å². The summed E-state index contributed by atoms with van der Waals surface area (Å²) >= 11 is 1.59. The molecule has 0 saturated carbocycles. The molecule has 0 radical (unpaired) electrons. The number of thiophene rings is 1. The lowest BCUT2D eigenvalue weighted by molar-refractivity contribution is 0.0944. The predicted octanol–water partition coefficient (Wildman–Crippen LogP) is 2.57. The van der Waals surface area contributed by atoms with Crippen molar-refractivity contribution in [3.8, 4) is 22.1 Å². The number of amides is 1. The molecule has 4 heterocycles. The van der Waals surface area contributed by atoms with Crippen LogP contribution in [0.25, 0.3) is 22.1 Å². The van der Waals surface area contributed by atoms with Crippen LogP contribution in [0.5, 0.6) is 0 Å². The van der Waals surface area contributed by atoms with E-state index in [1.807, 2.05) is 35.7 Å². The van der Waals surface area contributed by atoms with Gasteiger partial charge >= 0.3 is 0 Å². The second-order valence-electron chi connectivity index (χ2n) is 5.75. The van der Waals surface area contributed by atoms with E-state index in [9.17, 15) is 4.79 Å². The van der Waals surface area contributed by atoms with Crippen LogP contribution in [0.15, 0.2) is 52.5 Å². The minimum absolute atomic E-state index is 0.197. The standard InChI is InChI=1S/C18H16N6O2S/c1-24-14(11-13(22-24)15-6-4-10-27-15)18(25)20-9-7-16-21-17(23-26-16)12-5-2-3-8-19-12/h2-6,8,10-11H,7,9H2,1H3,(H,20,25). The van der Waals surface area contributed by atoms with Crippen LogP contribution < -0.4 is 5.32 Å². The smallest absolute Gasteiger partial charge is 0.269 e. The molecule has 0 aliphatic heterocycles. The first-order chi connectivity index (χ1) is 13.2. The summed E-state index contributed by atoms with van der Waals surface area (Å²) < 4.78 is 6.79. The highest BCUT2D eigenvalue weighted by Gasteiger charge is 2.15. The van der Waals surface area contributed by atoms with Gasteiger partial charge in [-0.15, -0.1) is 11.3 Å². The molecule has 0 unspecified atom stereocenters. The number of aromatic nitrogens is 5. The molecule has 0 bridgehead atoms. The molecule has 0 aliphatic carbocycles. The van der Waals surface area contributed by atoms with Gasteiger partial charge in [-0.3, -0.25) is 14.5 Å². The molecule has 1 amide bonds. The van der Waals surface area contributed by atoms with Gasteiger partial charge in [0.25, 0.3) is 5.91 Å². The Kier molecular flexibility index (Phi) is 4.75. The molecular formula is C18H16N6O2S. The number of nitrogens with zero attached hydrogens (tertiary/aromatic N) is 5. The van der Waals surface area contributed by atoms with Crippen molar-refractivity contribution in [1.29, 1.82) is 0 Å². The molecule has 0 spiro atoms. The minimum Gasteiger partial charge on any atom is -0.350 e. The molecule has 4 rings (SSSR count). The Labute approximate surface area is 158 Å².